The number of aromatic nitrogens is 2. The standard InChI is InChI=1S/C15H21ClN2OS/c1-4-19-13-7-5-6-12-15(13)17-14(10-16)18(12)9-8-11(2)20-3/h5-7,11H,4,8-10H2,1-3H3. The molecule has 1 atom stereocenters. The van der Waals surface area contributed by atoms with Gasteiger partial charge in [-0.3, -0.25) is 0 Å². The van der Waals surface area contributed by atoms with Gasteiger partial charge in [-0.15, -0.1) is 11.6 Å². The van der Waals surface area contributed by atoms with Gasteiger partial charge in [0.1, 0.15) is 17.1 Å². The second-order valence-electron chi connectivity index (χ2n) is 4.71. The maximum Gasteiger partial charge on any atom is 0.147 e. The topological polar surface area (TPSA) is 27.1 Å². The number of fused-ring (bicyclic) bond motifs is 1. The molecule has 5 heteroatoms. The highest BCUT2D eigenvalue weighted by Gasteiger charge is 2.14. The molecule has 0 aliphatic heterocycles. The molecule has 110 valence electrons. The summed E-state index contributed by atoms with van der Waals surface area (Å²) in [6.45, 7) is 5.82. The first-order valence-corrected chi connectivity index (χ1v) is 8.73. The van der Waals surface area contributed by atoms with Crippen LogP contribution >= 0.6 is 23.4 Å². The fraction of sp³-hybridized carbons (Fsp3) is 0.533. The smallest absolute Gasteiger partial charge is 0.147 e. The molecule has 2 aromatic rings. The highest BCUT2D eigenvalue weighted by Crippen LogP contribution is 2.27. The zero-order valence-electron chi connectivity index (χ0n) is 12.2. The minimum Gasteiger partial charge on any atom is -0.492 e. The molecule has 0 aliphatic carbocycles. The third-order valence-corrected chi connectivity index (χ3v) is 4.68. The summed E-state index contributed by atoms with van der Waals surface area (Å²) in [5.74, 6) is 2.18. The summed E-state index contributed by atoms with van der Waals surface area (Å²) in [4.78, 5) is 4.65. The number of alkyl halides is 1. The van der Waals surface area contributed by atoms with Crippen molar-refractivity contribution < 1.29 is 4.74 Å². The molecular formula is C15H21ClN2OS. The molecule has 0 fully saturated rings. The summed E-state index contributed by atoms with van der Waals surface area (Å²) in [6, 6.07) is 6.07. The van der Waals surface area contributed by atoms with Gasteiger partial charge in [-0.25, -0.2) is 4.98 Å². The molecule has 0 radical (unpaired) electrons. The van der Waals surface area contributed by atoms with E-state index >= 15 is 0 Å². The molecule has 1 aromatic carbocycles. The van der Waals surface area contributed by atoms with Crippen molar-refractivity contribution in [1.82, 2.24) is 9.55 Å². The van der Waals surface area contributed by atoms with Crippen molar-refractivity contribution >= 4 is 34.4 Å². The lowest BCUT2D eigenvalue weighted by Crippen LogP contribution is -2.07. The lowest BCUT2D eigenvalue weighted by molar-refractivity contribution is 0.343. The molecule has 0 bridgehead atoms. The van der Waals surface area contributed by atoms with Crippen LogP contribution in [0, 0.1) is 0 Å². The monoisotopic (exact) mass is 312 g/mol. The second-order valence-corrected chi connectivity index (χ2v) is 6.25. The van der Waals surface area contributed by atoms with E-state index in [-0.39, 0.29) is 0 Å². The van der Waals surface area contributed by atoms with Crippen LogP contribution in [-0.2, 0) is 12.4 Å². The number of para-hydroxylation sites is 1. The number of hydrogen-bond donors (Lipinski definition) is 0. The Labute approximate surface area is 129 Å². The van der Waals surface area contributed by atoms with Gasteiger partial charge in [0.2, 0.25) is 0 Å². The molecule has 1 aromatic heterocycles. The van der Waals surface area contributed by atoms with Crippen LogP contribution in [0.4, 0.5) is 0 Å². The van der Waals surface area contributed by atoms with Gasteiger partial charge in [0.15, 0.2) is 0 Å². The number of nitrogens with zero attached hydrogens (tertiary/aromatic N) is 2. The van der Waals surface area contributed by atoms with E-state index in [1.165, 1.54) is 0 Å². The van der Waals surface area contributed by atoms with Crippen molar-refractivity contribution in [1.29, 1.82) is 0 Å². The Bertz CT molecular complexity index is 570. The lowest BCUT2D eigenvalue weighted by Gasteiger charge is -2.11. The first-order chi connectivity index (χ1) is 9.71. The largest absolute Gasteiger partial charge is 0.492 e. The fourth-order valence-electron chi connectivity index (χ4n) is 2.22. The van der Waals surface area contributed by atoms with Crippen LogP contribution in [0.2, 0.25) is 0 Å². The first kappa shape index (κ1) is 15.5. The summed E-state index contributed by atoms with van der Waals surface area (Å²) in [7, 11) is 0. The first-order valence-electron chi connectivity index (χ1n) is 6.90. The quantitative estimate of drug-likeness (QED) is 0.713. The molecule has 1 unspecified atom stereocenters. The molecule has 0 N–H and O–H groups in total. The number of thioether (sulfide) groups is 1. The minimum absolute atomic E-state index is 0.424. The Morgan fingerprint density at radius 3 is 2.90 bits per heavy atom. The van der Waals surface area contributed by atoms with Crippen LogP contribution < -0.4 is 4.74 Å². The average molecular weight is 313 g/mol. The predicted octanol–water partition coefficient (Wildman–Crippen LogP) is 4.32. The maximum atomic E-state index is 6.05. The van der Waals surface area contributed by atoms with Gasteiger partial charge in [0, 0.05) is 11.8 Å². The molecule has 0 amide bonds. The molecule has 0 spiro atoms. The van der Waals surface area contributed by atoms with Crippen LogP contribution in [0.5, 0.6) is 5.75 Å². The second kappa shape index (κ2) is 7.23. The maximum absolute atomic E-state index is 6.05. The molecule has 0 saturated carbocycles. The van der Waals surface area contributed by atoms with Crippen molar-refractivity contribution in [2.45, 2.75) is 37.9 Å². The van der Waals surface area contributed by atoms with Gasteiger partial charge in [-0.2, -0.15) is 11.8 Å². The molecule has 2 rings (SSSR count). The van der Waals surface area contributed by atoms with E-state index in [4.69, 9.17) is 16.3 Å². The number of imidazole rings is 1. The molecular weight excluding hydrogens is 292 g/mol. The molecule has 0 saturated heterocycles. The third-order valence-electron chi connectivity index (χ3n) is 3.40. The number of aryl methyl sites for hydroxylation is 1. The molecule has 1 heterocycles. The summed E-state index contributed by atoms with van der Waals surface area (Å²) >= 11 is 7.94. The summed E-state index contributed by atoms with van der Waals surface area (Å²) in [5, 5.41) is 0.630. The van der Waals surface area contributed by atoms with Crippen LogP contribution in [0.25, 0.3) is 11.0 Å². The van der Waals surface area contributed by atoms with E-state index in [9.17, 15) is 0 Å². The van der Waals surface area contributed by atoms with Crippen LogP contribution in [0.15, 0.2) is 18.2 Å². The number of hydrogen-bond acceptors (Lipinski definition) is 3. The zero-order chi connectivity index (χ0) is 14.5. The normalized spacial score (nSPS) is 12.8. The lowest BCUT2D eigenvalue weighted by atomic mass is 10.2. The number of rotatable bonds is 7. The fourth-order valence-corrected chi connectivity index (χ4v) is 2.77. The number of benzene rings is 1. The van der Waals surface area contributed by atoms with E-state index in [0.29, 0.717) is 17.7 Å². The van der Waals surface area contributed by atoms with E-state index in [2.05, 4.69) is 28.8 Å². The summed E-state index contributed by atoms with van der Waals surface area (Å²) in [6.07, 6.45) is 3.25. The Morgan fingerprint density at radius 2 is 2.25 bits per heavy atom. The zero-order valence-corrected chi connectivity index (χ0v) is 13.8. The van der Waals surface area contributed by atoms with Gasteiger partial charge in [0.05, 0.1) is 18.0 Å². The Hall–Kier alpha value is -0.870. The summed E-state index contributed by atoms with van der Waals surface area (Å²) < 4.78 is 7.88. The van der Waals surface area contributed by atoms with E-state index in [0.717, 1.165) is 35.6 Å². The Balaban J connectivity index is 2.39. The highest BCUT2D eigenvalue weighted by molar-refractivity contribution is 7.99. The van der Waals surface area contributed by atoms with E-state index in [1.807, 2.05) is 30.8 Å². The van der Waals surface area contributed by atoms with Crippen molar-refractivity contribution in [3.8, 4) is 5.75 Å². The van der Waals surface area contributed by atoms with Gasteiger partial charge < -0.3 is 9.30 Å². The van der Waals surface area contributed by atoms with Gasteiger partial charge in [-0.05, 0) is 31.7 Å². The average Bonchev–Trinajstić information content (AvgIpc) is 2.84. The molecule has 3 nitrogen and oxygen atoms in total. The van der Waals surface area contributed by atoms with Gasteiger partial charge >= 0.3 is 0 Å². The third kappa shape index (κ3) is 3.23. The van der Waals surface area contributed by atoms with Crippen LogP contribution in [0.1, 0.15) is 26.1 Å². The van der Waals surface area contributed by atoms with Crippen molar-refractivity contribution in [2.75, 3.05) is 12.9 Å². The summed E-state index contributed by atoms with van der Waals surface area (Å²) in [5.41, 5.74) is 2.03. The van der Waals surface area contributed by atoms with Gasteiger partial charge in [0.25, 0.3) is 0 Å². The number of ether oxygens (including phenoxy) is 1. The van der Waals surface area contributed by atoms with Crippen molar-refractivity contribution in [2.24, 2.45) is 0 Å². The molecule has 20 heavy (non-hydrogen) atoms. The Kier molecular flexibility index (Phi) is 5.61. The van der Waals surface area contributed by atoms with E-state index in [1.54, 1.807) is 0 Å². The SMILES string of the molecule is CCOc1cccc2c1nc(CCl)n2CCC(C)SC. The highest BCUT2D eigenvalue weighted by atomic mass is 35.5. The van der Waals surface area contributed by atoms with Crippen LogP contribution in [0.3, 0.4) is 0 Å². The van der Waals surface area contributed by atoms with E-state index < -0.39 is 0 Å². The van der Waals surface area contributed by atoms with Crippen molar-refractivity contribution in [3.05, 3.63) is 24.0 Å². The van der Waals surface area contributed by atoms with Crippen molar-refractivity contribution in [3.63, 3.8) is 0 Å². The van der Waals surface area contributed by atoms with Gasteiger partial charge in [-0.1, -0.05) is 13.0 Å². The predicted molar refractivity (Wildman–Crippen MR) is 88.1 cm³/mol. The van der Waals surface area contributed by atoms with Crippen LogP contribution in [-0.4, -0.2) is 27.7 Å². The Morgan fingerprint density at radius 1 is 1.45 bits per heavy atom. The minimum atomic E-state index is 0.424. The number of halogens is 1. The molecule has 0 aliphatic rings.